The number of aliphatic carboxylic acids is 2. The molecule has 0 aliphatic carbocycles. The number of carbonyl (C=O) groups is 2. The molecule has 0 spiro atoms. The number of benzene rings is 2. The Bertz CT molecular complexity index is 770. The van der Waals surface area contributed by atoms with Crippen LogP contribution in [0.1, 0.15) is 11.1 Å². The fraction of sp³-hybridized carbons (Fsp3) is 0.158. The second kappa shape index (κ2) is 7.32. The van der Waals surface area contributed by atoms with Crippen LogP contribution < -0.4 is 0 Å². The molecule has 0 saturated carbocycles. The van der Waals surface area contributed by atoms with Crippen LogP contribution in [0.5, 0.6) is 0 Å². The van der Waals surface area contributed by atoms with Crippen molar-refractivity contribution in [1.82, 2.24) is 0 Å². The van der Waals surface area contributed by atoms with Crippen molar-refractivity contribution < 1.29 is 19.8 Å². The average Bonchev–Trinajstić information content (AvgIpc) is 2.56. The molecule has 4 nitrogen and oxygen atoms in total. The second-order valence-electron chi connectivity index (χ2n) is 5.60. The minimum absolute atomic E-state index is 0.0134. The second-order valence-corrected chi connectivity index (χ2v) is 6.01. The van der Waals surface area contributed by atoms with Crippen molar-refractivity contribution in [3.63, 3.8) is 0 Å². The lowest BCUT2D eigenvalue weighted by molar-refractivity contribution is -0.150. The molecule has 124 valence electrons. The number of rotatable bonds is 7. The Morgan fingerprint density at radius 2 is 1.54 bits per heavy atom. The Morgan fingerprint density at radius 1 is 0.958 bits per heavy atom. The molecule has 0 saturated heterocycles. The van der Waals surface area contributed by atoms with Gasteiger partial charge >= 0.3 is 11.9 Å². The summed E-state index contributed by atoms with van der Waals surface area (Å²) < 4.78 is 0. The van der Waals surface area contributed by atoms with Gasteiger partial charge in [-0.15, -0.1) is 0 Å². The Hall–Kier alpha value is -2.59. The lowest BCUT2D eigenvalue weighted by Gasteiger charge is -2.30. The van der Waals surface area contributed by atoms with Gasteiger partial charge in [-0.3, -0.25) is 4.79 Å². The lowest BCUT2D eigenvalue weighted by Crippen LogP contribution is -2.40. The van der Waals surface area contributed by atoms with E-state index in [1.807, 2.05) is 6.07 Å². The van der Waals surface area contributed by atoms with Gasteiger partial charge in [0, 0.05) is 10.6 Å². The fourth-order valence-corrected chi connectivity index (χ4v) is 2.87. The highest BCUT2D eigenvalue weighted by molar-refractivity contribution is 6.31. The SMILES string of the molecule is C=C(C(=O)O)C(Cc1ccccc1)(Cc1ccccc1Cl)C(=O)O. The van der Waals surface area contributed by atoms with Crippen LogP contribution in [0.15, 0.2) is 66.7 Å². The third kappa shape index (κ3) is 3.66. The summed E-state index contributed by atoms with van der Waals surface area (Å²) in [6.45, 7) is 3.55. The first-order valence-corrected chi connectivity index (χ1v) is 7.68. The van der Waals surface area contributed by atoms with Crippen LogP contribution in [0, 0.1) is 5.41 Å². The molecule has 1 unspecified atom stereocenters. The molecule has 0 amide bonds. The molecule has 1 atom stereocenters. The summed E-state index contributed by atoms with van der Waals surface area (Å²) in [5, 5.41) is 19.7. The van der Waals surface area contributed by atoms with E-state index in [-0.39, 0.29) is 18.4 Å². The molecule has 2 rings (SSSR count). The maximum absolute atomic E-state index is 12.1. The zero-order valence-electron chi connectivity index (χ0n) is 12.9. The number of carboxylic acids is 2. The van der Waals surface area contributed by atoms with E-state index in [1.54, 1.807) is 48.5 Å². The van der Waals surface area contributed by atoms with Crippen LogP contribution in [0.3, 0.4) is 0 Å². The minimum atomic E-state index is -1.68. The highest BCUT2D eigenvalue weighted by Gasteiger charge is 2.45. The molecule has 0 bridgehead atoms. The molecular weight excluding hydrogens is 328 g/mol. The average molecular weight is 345 g/mol. The monoisotopic (exact) mass is 344 g/mol. The first-order valence-electron chi connectivity index (χ1n) is 7.30. The van der Waals surface area contributed by atoms with Gasteiger partial charge < -0.3 is 10.2 Å². The molecule has 0 fully saturated rings. The summed E-state index contributed by atoms with van der Waals surface area (Å²) in [5.74, 6) is -2.57. The highest BCUT2D eigenvalue weighted by atomic mass is 35.5. The Kier molecular flexibility index (Phi) is 5.42. The summed E-state index contributed by atoms with van der Waals surface area (Å²) in [6, 6.07) is 15.7. The van der Waals surface area contributed by atoms with Gasteiger partial charge in [0.25, 0.3) is 0 Å². The van der Waals surface area contributed by atoms with E-state index >= 15 is 0 Å². The Labute approximate surface area is 145 Å². The van der Waals surface area contributed by atoms with E-state index in [0.717, 1.165) is 0 Å². The predicted molar refractivity (Wildman–Crippen MR) is 92.1 cm³/mol. The highest BCUT2D eigenvalue weighted by Crippen LogP contribution is 2.37. The molecule has 0 aliphatic heterocycles. The number of hydrogen-bond donors (Lipinski definition) is 2. The van der Waals surface area contributed by atoms with Crippen LogP contribution >= 0.6 is 11.6 Å². The number of carboxylic acid groups (broad SMARTS) is 2. The van der Waals surface area contributed by atoms with Gasteiger partial charge in [-0.1, -0.05) is 66.7 Å². The summed E-state index contributed by atoms with van der Waals surface area (Å²) >= 11 is 6.15. The van der Waals surface area contributed by atoms with E-state index < -0.39 is 17.4 Å². The summed E-state index contributed by atoms with van der Waals surface area (Å²) in [7, 11) is 0. The Balaban J connectivity index is 2.54. The van der Waals surface area contributed by atoms with Crippen molar-refractivity contribution in [2.75, 3.05) is 0 Å². The van der Waals surface area contributed by atoms with Crippen molar-refractivity contribution in [3.05, 3.63) is 82.9 Å². The van der Waals surface area contributed by atoms with Crippen LogP contribution in [0.4, 0.5) is 0 Å². The quantitative estimate of drug-likeness (QED) is 0.748. The molecule has 5 heteroatoms. The number of halogens is 1. The molecule has 24 heavy (non-hydrogen) atoms. The van der Waals surface area contributed by atoms with Gasteiger partial charge in [0.2, 0.25) is 0 Å². The lowest BCUT2D eigenvalue weighted by atomic mass is 9.71. The van der Waals surface area contributed by atoms with Crippen LogP contribution in [0.2, 0.25) is 5.02 Å². The third-order valence-electron chi connectivity index (χ3n) is 4.04. The van der Waals surface area contributed by atoms with E-state index in [9.17, 15) is 19.8 Å². The van der Waals surface area contributed by atoms with E-state index in [4.69, 9.17) is 11.6 Å². The van der Waals surface area contributed by atoms with Crippen molar-refractivity contribution in [1.29, 1.82) is 0 Å². The van der Waals surface area contributed by atoms with Crippen LogP contribution in [-0.2, 0) is 22.4 Å². The van der Waals surface area contributed by atoms with Crippen molar-refractivity contribution in [2.45, 2.75) is 12.8 Å². The zero-order valence-corrected chi connectivity index (χ0v) is 13.7. The van der Waals surface area contributed by atoms with Gasteiger partial charge in [-0.25, -0.2) is 4.79 Å². The van der Waals surface area contributed by atoms with E-state index in [1.165, 1.54) is 0 Å². The smallest absolute Gasteiger partial charge is 0.332 e. The van der Waals surface area contributed by atoms with Gasteiger partial charge in [0.05, 0.1) is 0 Å². The molecule has 0 aliphatic rings. The van der Waals surface area contributed by atoms with Gasteiger partial charge in [0.15, 0.2) is 0 Å². The topological polar surface area (TPSA) is 74.6 Å². The van der Waals surface area contributed by atoms with Gasteiger partial charge in [0.1, 0.15) is 5.41 Å². The standard InChI is InChI=1S/C19H17ClO4/c1-13(17(21)22)19(18(23)24,11-14-7-3-2-4-8-14)12-15-9-5-6-10-16(15)20/h2-10H,1,11-12H2,(H,21,22)(H,23,24). The van der Waals surface area contributed by atoms with Crippen LogP contribution in [-0.4, -0.2) is 22.2 Å². The van der Waals surface area contributed by atoms with Crippen molar-refractivity contribution in [3.8, 4) is 0 Å². The van der Waals surface area contributed by atoms with Crippen molar-refractivity contribution >= 4 is 23.5 Å². The predicted octanol–water partition coefficient (Wildman–Crippen LogP) is 3.84. The van der Waals surface area contributed by atoms with Crippen molar-refractivity contribution in [2.24, 2.45) is 5.41 Å². The number of hydrogen-bond acceptors (Lipinski definition) is 2. The van der Waals surface area contributed by atoms with Gasteiger partial charge in [-0.05, 0) is 30.0 Å². The van der Waals surface area contributed by atoms with Gasteiger partial charge in [-0.2, -0.15) is 0 Å². The fourth-order valence-electron chi connectivity index (χ4n) is 2.67. The summed E-state index contributed by atoms with van der Waals surface area (Å²) in [6.07, 6.45) is -0.0401. The molecule has 2 N–H and O–H groups in total. The molecular formula is C19H17ClO4. The van der Waals surface area contributed by atoms with Crippen LogP contribution in [0.25, 0.3) is 0 Å². The summed E-state index contributed by atoms with van der Waals surface area (Å²) in [4.78, 5) is 23.6. The first-order chi connectivity index (χ1) is 11.4. The maximum atomic E-state index is 12.1. The maximum Gasteiger partial charge on any atom is 0.332 e. The third-order valence-corrected chi connectivity index (χ3v) is 4.41. The van der Waals surface area contributed by atoms with E-state index in [0.29, 0.717) is 16.1 Å². The Morgan fingerprint density at radius 3 is 2.08 bits per heavy atom. The van der Waals surface area contributed by atoms with E-state index in [2.05, 4.69) is 6.58 Å². The molecule has 0 heterocycles. The largest absolute Gasteiger partial charge is 0.481 e. The first kappa shape index (κ1) is 17.8. The minimum Gasteiger partial charge on any atom is -0.481 e. The molecule has 0 radical (unpaired) electrons. The molecule has 0 aromatic heterocycles. The normalized spacial score (nSPS) is 13.0. The zero-order chi connectivity index (χ0) is 17.7. The summed E-state index contributed by atoms with van der Waals surface area (Å²) in [5.41, 5.74) is -0.758. The molecule has 2 aromatic rings. The molecule has 2 aromatic carbocycles.